The summed E-state index contributed by atoms with van der Waals surface area (Å²) in [7, 11) is 4.04. The fourth-order valence-corrected chi connectivity index (χ4v) is 0.780. The molecule has 1 amide bonds. The molecule has 0 aromatic rings. The quantitative estimate of drug-likeness (QED) is 0.160. The Kier molecular flexibility index (Phi) is 11.6. The fraction of sp³-hybridized carbons (Fsp3) is 0.778. The summed E-state index contributed by atoms with van der Waals surface area (Å²) < 4.78 is 2.05. The normalized spacial score (nSPS) is 8.17. The average molecular weight is 177 g/mol. The molecule has 3 heteroatoms. The number of carbonyl (C=O) groups excluding carboxylic acids is 1. The summed E-state index contributed by atoms with van der Waals surface area (Å²) in [6, 6.07) is 0. The second-order valence-electron chi connectivity index (χ2n) is 2.71. The van der Waals surface area contributed by atoms with Crippen LogP contribution in [0.3, 0.4) is 0 Å². The molecule has 3 nitrogen and oxygen atoms in total. The van der Waals surface area contributed by atoms with Crippen LogP contribution in [0.4, 0.5) is 0 Å². The molecule has 72 valence electrons. The molecule has 0 aliphatic rings. The number of hydrogen-bond acceptors (Lipinski definition) is 1. The van der Waals surface area contributed by atoms with Gasteiger partial charge in [-0.05, 0) is 12.8 Å². The van der Waals surface area contributed by atoms with Gasteiger partial charge in [0.1, 0.15) is 20.3 Å². The minimum absolute atomic E-state index is 0. The first-order chi connectivity index (χ1) is 5.27. The molecule has 0 aliphatic heterocycles. The van der Waals surface area contributed by atoms with E-state index < -0.39 is 0 Å². The number of carbonyl (C=O) groups is 1. The van der Waals surface area contributed by atoms with E-state index in [0.29, 0.717) is 0 Å². The van der Waals surface area contributed by atoms with Gasteiger partial charge >= 0.3 is 0 Å². The third-order valence-corrected chi connectivity index (χ3v) is 1.35. The molecular formula is C9H21N2O+. The molecule has 1 N–H and O–H groups in total. The van der Waals surface area contributed by atoms with Crippen LogP contribution in [-0.2, 0) is 4.79 Å². The maximum atomic E-state index is 9.82. The second kappa shape index (κ2) is 10.1. The number of unbranched alkanes of at least 4 members (excludes halogenated alkanes) is 2. The van der Waals surface area contributed by atoms with Gasteiger partial charge in [-0.25, -0.2) is 4.58 Å². The van der Waals surface area contributed by atoms with E-state index in [-0.39, 0.29) is 7.43 Å². The molecule has 0 aromatic carbocycles. The third kappa shape index (κ3) is 11.9. The van der Waals surface area contributed by atoms with Gasteiger partial charge in [0.05, 0.1) is 0 Å². The Hall–Kier alpha value is -0.860. The lowest BCUT2D eigenvalue weighted by molar-refractivity contribution is -0.460. The summed E-state index contributed by atoms with van der Waals surface area (Å²) >= 11 is 0. The minimum Gasteiger partial charge on any atom is -0.359 e. The summed E-state index contributed by atoms with van der Waals surface area (Å²) in [4.78, 5) is 9.82. The van der Waals surface area contributed by atoms with Crippen LogP contribution in [0.1, 0.15) is 26.7 Å². The smallest absolute Gasteiger partial charge is 0.207 e. The van der Waals surface area contributed by atoms with Gasteiger partial charge in [0.2, 0.25) is 6.41 Å². The van der Waals surface area contributed by atoms with Crippen molar-refractivity contribution in [3.63, 3.8) is 0 Å². The Morgan fingerprint density at radius 2 is 2.00 bits per heavy atom. The predicted molar refractivity (Wildman–Crippen MR) is 52.8 cm³/mol. The largest absolute Gasteiger partial charge is 0.359 e. The summed E-state index contributed by atoms with van der Waals surface area (Å²) in [6.45, 7) is 0.796. The van der Waals surface area contributed by atoms with Crippen LogP contribution in [-0.4, -0.2) is 37.8 Å². The summed E-state index contributed by atoms with van der Waals surface area (Å²) in [6.07, 6.45) is 6.17. The molecule has 0 rings (SSSR count). The molecule has 0 aromatic heterocycles. The summed E-state index contributed by atoms with van der Waals surface area (Å²) in [5, 5.41) is 2.63. The zero-order chi connectivity index (χ0) is 8.53. The molecule has 0 radical (unpaired) electrons. The van der Waals surface area contributed by atoms with Crippen LogP contribution in [0.25, 0.3) is 0 Å². The van der Waals surface area contributed by atoms with Crippen molar-refractivity contribution in [3.8, 4) is 0 Å². The molecule has 0 saturated carbocycles. The highest BCUT2D eigenvalue weighted by Crippen LogP contribution is 1.89. The van der Waals surface area contributed by atoms with Gasteiger partial charge in [-0.3, -0.25) is 4.79 Å². The van der Waals surface area contributed by atoms with Crippen molar-refractivity contribution in [2.45, 2.75) is 26.7 Å². The van der Waals surface area contributed by atoms with Crippen LogP contribution in [0.15, 0.2) is 0 Å². The molecule has 0 fully saturated rings. The standard InChI is InChI=1S/C8H16N2O.CH4/c1-10(2)7-5-3-4-6-9-8-11;/h7-8H,3-6H2,1-2H3;1H4/p+1/i8+1,9+1,10+1;1+1. The molecule has 0 unspecified atom stereocenters. The SMILES string of the molecule is C[15N+](C)=CCCCC[15NH][13CH]=O.[13CH4]. The fourth-order valence-electron chi connectivity index (χ4n) is 0.780. The molecule has 0 saturated heterocycles. The number of amides is 1. The van der Waals surface area contributed by atoms with Gasteiger partial charge in [-0.2, -0.15) is 0 Å². The molecule has 0 bridgehead atoms. The first kappa shape index (κ1) is 13.7. The van der Waals surface area contributed by atoms with E-state index in [1.54, 1.807) is 0 Å². The lowest BCUT2D eigenvalue weighted by Gasteiger charge is -1.94. The zero-order valence-electron chi connectivity index (χ0n) is 7.34. The number of nitrogens with zero attached hydrogens (tertiary/aromatic N) is 1. The van der Waals surface area contributed by atoms with Crippen molar-refractivity contribution in [1.82, 2.24) is 5.32 Å². The molecule has 12 heavy (non-hydrogen) atoms. The van der Waals surface area contributed by atoms with E-state index in [1.165, 1.54) is 0 Å². The summed E-state index contributed by atoms with van der Waals surface area (Å²) in [5.41, 5.74) is 0. The van der Waals surface area contributed by atoms with E-state index in [0.717, 1.165) is 32.2 Å². The number of nitrogens with one attached hydrogen (secondary N) is 1. The molecule has 0 spiro atoms. The van der Waals surface area contributed by atoms with E-state index in [1.807, 2.05) is 18.7 Å². The lowest BCUT2D eigenvalue weighted by Crippen LogP contribution is -2.11. The Bertz CT molecular complexity index is 128. The molecule has 0 atom stereocenters. The van der Waals surface area contributed by atoms with Crippen molar-refractivity contribution >= 4 is 12.6 Å². The Balaban J connectivity index is 0. The molecular weight excluding hydrogens is 156 g/mol. The van der Waals surface area contributed by atoms with Crippen LogP contribution >= 0.6 is 0 Å². The highest BCUT2D eigenvalue weighted by molar-refractivity contribution is 5.50. The van der Waals surface area contributed by atoms with Crippen LogP contribution in [0, 0.1) is 0 Å². The van der Waals surface area contributed by atoms with Gasteiger partial charge in [-0.1, -0.05) is 7.43 Å². The van der Waals surface area contributed by atoms with Gasteiger partial charge in [0.25, 0.3) is 0 Å². The van der Waals surface area contributed by atoms with E-state index in [4.69, 9.17) is 0 Å². The minimum atomic E-state index is 0. The average Bonchev–Trinajstić information content (AvgIpc) is 1.96. The Morgan fingerprint density at radius 3 is 2.50 bits per heavy atom. The third-order valence-electron chi connectivity index (χ3n) is 1.35. The highest BCUT2D eigenvalue weighted by Gasteiger charge is 1.88. The Morgan fingerprint density at radius 1 is 1.33 bits per heavy atom. The van der Waals surface area contributed by atoms with Gasteiger partial charge in [0, 0.05) is 13.0 Å². The second-order valence-corrected chi connectivity index (χ2v) is 2.71. The van der Waals surface area contributed by atoms with Crippen LogP contribution < -0.4 is 5.32 Å². The first-order valence-electron chi connectivity index (χ1n) is 3.94. The van der Waals surface area contributed by atoms with Gasteiger partial charge < -0.3 is 5.32 Å². The van der Waals surface area contributed by atoms with E-state index in [9.17, 15) is 4.79 Å². The topological polar surface area (TPSA) is 32.1 Å². The van der Waals surface area contributed by atoms with Crippen molar-refractivity contribution < 1.29 is 9.37 Å². The van der Waals surface area contributed by atoms with Crippen molar-refractivity contribution in [3.05, 3.63) is 0 Å². The maximum absolute atomic E-state index is 9.82. The van der Waals surface area contributed by atoms with Gasteiger partial charge in [-0.15, -0.1) is 0 Å². The van der Waals surface area contributed by atoms with E-state index in [2.05, 4.69) is 11.5 Å². The number of rotatable bonds is 6. The highest BCUT2D eigenvalue weighted by atomic mass is 16.2. The van der Waals surface area contributed by atoms with Crippen molar-refractivity contribution in [1.29, 1.82) is 0 Å². The van der Waals surface area contributed by atoms with Crippen LogP contribution in [0.2, 0.25) is 0 Å². The maximum Gasteiger partial charge on any atom is 0.207 e. The first-order valence-corrected chi connectivity index (χ1v) is 3.94. The monoisotopic (exact) mass is 177 g/mol. The molecule has 0 heterocycles. The molecule has 0 aliphatic carbocycles. The van der Waals surface area contributed by atoms with E-state index >= 15 is 0 Å². The lowest BCUT2D eigenvalue weighted by atomic mass is 10.2. The van der Waals surface area contributed by atoms with Crippen molar-refractivity contribution in [2.24, 2.45) is 0 Å². The predicted octanol–water partition coefficient (Wildman–Crippen LogP) is 0.882. The Labute approximate surface area is 75.5 Å². The van der Waals surface area contributed by atoms with Crippen LogP contribution in [0.5, 0.6) is 0 Å². The van der Waals surface area contributed by atoms with Gasteiger partial charge in [0.15, 0.2) is 0 Å². The van der Waals surface area contributed by atoms with Crippen molar-refractivity contribution in [2.75, 3.05) is 20.6 Å². The zero-order valence-corrected chi connectivity index (χ0v) is 7.34. The number of hydrogen-bond donors (Lipinski definition) is 1. The summed E-state index contributed by atoms with van der Waals surface area (Å²) in [5.74, 6) is 0.